The van der Waals surface area contributed by atoms with Gasteiger partial charge in [0, 0.05) is 24.7 Å². The van der Waals surface area contributed by atoms with Crippen LogP contribution in [0.5, 0.6) is 0 Å². The number of aryl methyl sites for hydroxylation is 2. The molecular weight excluding hydrogens is 342 g/mol. The molecule has 0 amide bonds. The molecule has 3 aromatic rings. The molecule has 0 aliphatic carbocycles. The van der Waals surface area contributed by atoms with Crippen LogP contribution in [0, 0.1) is 19.8 Å². The van der Waals surface area contributed by atoms with E-state index in [0.29, 0.717) is 18.0 Å². The molecule has 3 nitrogen and oxygen atoms in total. The van der Waals surface area contributed by atoms with Crippen LogP contribution in [-0.4, -0.2) is 6.54 Å². The van der Waals surface area contributed by atoms with E-state index in [4.69, 9.17) is 0 Å². The molecule has 2 heterocycles. The van der Waals surface area contributed by atoms with Gasteiger partial charge in [-0.3, -0.25) is 0 Å². The standard InChI is InChI=1S/C25H27N3/c1-17-7-11-19(12-8-17)15-28-16-22-24(20-13-9-18(2)10-14-20)26-27-25(22)21-5-3-4-6-23(21)28/h3-14,22,24-27H,15-16H2,1-2H3. The molecule has 3 unspecified atom stereocenters. The lowest BCUT2D eigenvalue weighted by atomic mass is 9.82. The smallest absolute Gasteiger partial charge is 0.0546 e. The summed E-state index contributed by atoms with van der Waals surface area (Å²) in [6.45, 7) is 6.27. The monoisotopic (exact) mass is 369 g/mol. The fraction of sp³-hybridized carbons (Fsp3) is 0.280. The quantitative estimate of drug-likeness (QED) is 0.692. The fourth-order valence-corrected chi connectivity index (χ4v) is 4.66. The van der Waals surface area contributed by atoms with Crippen molar-refractivity contribution in [2.75, 3.05) is 11.4 Å². The molecule has 2 aliphatic heterocycles. The van der Waals surface area contributed by atoms with Crippen molar-refractivity contribution in [3.8, 4) is 0 Å². The van der Waals surface area contributed by atoms with Crippen LogP contribution in [0.25, 0.3) is 0 Å². The first-order chi connectivity index (χ1) is 13.7. The lowest BCUT2D eigenvalue weighted by Crippen LogP contribution is -2.39. The fourth-order valence-electron chi connectivity index (χ4n) is 4.66. The number of hydrazine groups is 1. The van der Waals surface area contributed by atoms with Gasteiger partial charge in [-0.15, -0.1) is 0 Å². The van der Waals surface area contributed by atoms with Crippen LogP contribution in [0.2, 0.25) is 0 Å². The molecular formula is C25H27N3. The molecule has 0 aromatic heterocycles. The Kier molecular flexibility index (Phi) is 4.42. The number of hydrogen-bond donors (Lipinski definition) is 2. The number of anilines is 1. The van der Waals surface area contributed by atoms with E-state index in [0.717, 1.165) is 13.1 Å². The SMILES string of the molecule is Cc1ccc(CN2CC3C(c4ccc(C)cc4)NNC3c3ccccc32)cc1. The summed E-state index contributed by atoms with van der Waals surface area (Å²) in [6.07, 6.45) is 0. The normalized spacial score (nSPS) is 23.4. The summed E-state index contributed by atoms with van der Waals surface area (Å²) in [6, 6.07) is 27.4. The van der Waals surface area contributed by atoms with E-state index in [1.54, 1.807) is 0 Å². The number of nitrogens with zero attached hydrogens (tertiary/aromatic N) is 1. The van der Waals surface area contributed by atoms with Gasteiger partial charge >= 0.3 is 0 Å². The molecule has 3 aromatic carbocycles. The van der Waals surface area contributed by atoms with E-state index >= 15 is 0 Å². The van der Waals surface area contributed by atoms with Crippen LogP contribution in [0.3, 0.4) is 0 Å². The Balaban J connectivity index is 1.48. The summed E-state index contributed by atoms with van der Waals surface area (Å²) in [5.74, 6) is 0.489. The third-order valence-electron chi connectivity index (χ3n) is 6.22. The number of benzene rings is 3. The van der Waals surface area contributed by atoms with Crippen molar-refractivity contribution in [2.45, 2.75) is 32.5 Å². The average molecular weight is 370 g/mol. The predicted octanol–water partition coefficient (Wildman–Crippen LogP) is 4.83. The molecule has 0 radical (unpaired) electrons. The molecule has 2 aliphatic rings. The van der Waals surface area contributed by atoms with Crippen LogP contribution in [-0.2, 0) is 6.54 Å². The van der Waals surface area contributed by atoms with Gasteiger partial charge in [0.2, 0.25) is 0 Å². The highest BCUT2D eigenvalue weighted by Crippen LogP contribution is 2.45. The Morgan fingerprint density at radius 2 is 1.43 bits per heavy atom. The maximum atomic E-state index is 3.59. The summed E-state index contributed by atoms with van der Waals surface area (Å²) in [7, 11) is 0. The van der Waals surface area contributed by atoms with Gasteiger partial charge in [0.25, 0.3) is 0 Å². The van der Waals surface area contributed by atoms with E-state index in [9.17, 15) is 0 Å². The minimum absolute atomic E-state index is 0.319. The van der Waals surface area contributed by atoms with E-state index in [1.807, 2.05) is 0 Å². The van der Waals surface area contributed by atoms with Gasteiger partial charge in [-0.1, -0.05) is 77.9 Å². The molecule has 1 fully saturated rings. The second-order valence-electron chi connectivity index (χ2n) is 8.24. The lowest BCUT2D eigenvalue weighted by molar-refractivity contribution is 0.402. The van der Waals surface area contributed by atoms with E-state index < -0.39 is 0 Å². The van der Waals surface area contributed by atoms with Gasteiger partial charge < -0.3 is 4.90 Å². The number of hydrogen-bond acceptors (Lipinski definition) is 3. The summed E-state index contributed by atoms with van der Waals surface area (Å²) in [5, 5.41) is 0. The maximum absolute atomic E-state index is 3.59. The van der Waals surface area contributed by atoms with Gasteiger partial charge in [-0.05, 0) is 36.6 Å². The highest BCUT2D eigenvalue weighted by molar-refractivity contribution is 5.58. The van der Waals surface area contributed by atoms with Gasteiger partial charge in [-0.25, -0.2) is 10.9 Å². The molecule has 1 saturated heterocycles. The van der Waals surface area contributed by atoms with Gasteiger partial charge in [0.15, 0.2) is 0 Å². The molecule has 2 N–H and O–H groups in total. The number of fused-ring (bicyclic) bond motifs is 3. The van der Waals surface area contributed by atoms with Crippen LogP contribution >= 0.6 is 0 Å². The molecule has 0 saturated carbocycles. The minimum Gasteiger partial charge on any atom is -0.367 e. The third-order valence-corrected chi connectivity index (χ3v) is 6.22. The van der Waals surface area contributed by atoms with Crippen molar-refractivity contribution in [3.05, 3.63) is 101 Å². The Bertz CT molecular complexity index is 962. The van der Waals surface area contributed by atoms with E-state index in [-0.39, 0.29) is 0 Å². The summed E-state index contributed by atoms with van der Waals surface area (Å²) in [5.41, 5.74) is 15.3. The molecule has 5 rings (SSSR count). The van der Waals surface area contributed by atoms with Crippen LogP contribution in [0.15, 0.2) is 72.8 Å². The number of rotatable bonds is 3. The molecule has 3 atom stereocenters. The number of nitrogens with one attached hydrogen (secondary N) is 2. The van der Waals surface area contributed by atoms with E-state index in [2.05, 4.69) is 102 Å². The Morgan fingerprint density at radius 1 is 0.786 bits per heavy atom. The zero-order valence-corrected chi connectivity index (χ0v) is 16.5. The van der Waals surface area contributed by atoms with Crippen molar-refractivity contribution >= 4 is 5.69 Å². The Morgan fingerprint density at radius 3 is 2.18 bits per heavy atom. The van der Waals surface area contributed by atoms with Crippen molar-refractivity contribution in [3.63, 3.8) is 0 Å². The molecule has 0 bridgehead atoms. The highest BCUT2D eigenvalue weighted by Gasteiger charge is 2.42. The second kappa shape index (κ2) is 7.08. The maximum Gasteiger partial charge on any atom is 0.0546 e. The molecule has 142 valence electrons. The third kappa shape index (κ3) is 3.11. The second-order valence-corrected chi connectivity index (χ2v) is 8.24. The van der Waals surface area contributed by atoms with Crippen LogP contribution in [0.4, 0.5) is 5.69 Å². The Labute approximate surface area is 167 Å². The zero-order chi connectivity index (χ0) is 19.1. The molecule has 28 heavy (non-hydrogen) atoms. The van der Waals surface area contributed by atoms with Gasteiger partial charge in [0.1, 0.15) is 0 Å². The summed E-state index contributed by atoms with van der Waals surface area (Å²) in [4.78, 5) is 2.55. The zero-order valence-electron chi connectivity index (χ0n) is 16.5. The first-order valence-electron chi connectivity index (χ1n) is 10.2. The van der Waals surface area contributed by atoms with Crippen LogP contribution < -0.4 is 15.8 Å². The molecule has 3 heteroatoms. The topological polar surface area (TPSA) is 27.3 Å². The lowest BCUT2D eigenvalue weighted by Gasteiger charge is -2.39. The minimum atomic E-state index is 0.319. The highest BCUT2D eigenvalue weighted by atomic mass is 15.4. The van der Waals surface area contributed by atoms with Gasteiger partial charge in [-0.2, -0.15) is 0 Å². The van der Waals surface area contributed by atoms with E-state index in [1.165, 1.54) is 33.5 Å². The van der Waals surface area contributed by atoms with Crippen molar-refractivity contribution in [2.24, 2.45) is 5.92 Å². The Hall–Kier alpha value is -2.62. The van der Waals surface area contributed by atoms with Crippen molar-refractivity contribution in [1.29, 1.82) is 0 Å². The largest absolute Gasteiger partial charge is 0.367 e. The average Bonchev–Trinajstić information content (AvgIpc) is 3.14. The van der Waals surface area contributed by atoms with Crippen LogP contribution in [0.1, 0.15) is 39.9 Å². The van der Waals surface area contributed by atoms with Crippen molar-refractivity contribution < 1.29 is 0 Å². The summed E-state index contributed by atoms with van der Waals surface area (Å²) < 4.78 is 0. The van der Waals surface area contributed by atoms with Gasteiger partial charge in [0.05, 0.1) is 12.1 Å². The first kappa shape index (κ1) is 17.5. The first-order valence-corrected chi connectivity index (χ1v) is 10.2. The summed E-state index contributed by atoms with van der Waals surface area (Å²) >= 11 is 0. The number of para-hydroxylation sites is 1. The molecule has 0 spiro atoms. The predicted molar refractivity (Wildman–Crippen MR) is 115 cm³/mol. The van der Waals surface area contributed by atoms with Crippen molar-refractivity contribution in [1.82, 2.24) is 10.9 Å².